The smallest absolute Gasteiger partial charge is 0.280 e. The highest BCUT2D eigenvalue weighted by molar-refractivity contribution is 7.80. The second kappa shape index (κ2) is 8.28. The molecule has 27 heavy (non-hydrogen) atoms. The van der Waals surface area contributed by atoms with Gasteiger partial charge >= 0.3 is 0 Å². The maximum absolute atomic E-state index is 13.6. The van der Waals surface area contributed by atoms with Crippen molar-refractivity contribution in [1.29, 1.82) is 0 Å². The van der Waals surface area contributed by atoms with E-state index in [-0.39, 0.29) is 16.8 Å². The van der Waals surface area contributed by atoms with E-state index in [0.717, 1.165) is 16.7 Å². The number of amides is 1. The first-order chi connectivity index (χ1) is 12.9. The lowest BCUT2D eigenvalue weighted by molar-refractivity contribution is 0.0949. The predicted octanol–water partition coefficient (Wildman–Crippen LogP) is 4.80. The Labute approximate surface area is 166 Å². The molecule has 0 unspecified atom stereocenters. The Morgan fingerprint density at radius 2 is 1.78 bits per heavy atom. The van der Waals surface area contributed by atoms with Crippen LogP contribution >= 0.6 is 23.6 Å². The molecule has 3 rings (SSSR count). The van der Waals surface area contributed by atoms with E-state index < -0.39 is 0 Å². The average molecular weight is 400 g/mol. The fraction of sp³-hybridized carbons (Fsp3) is 0.100. The molecule has 0 bridgehead atoms. The van der Waals surface area contributed by atoms with Crippen LogP contribution in [-0.2, 0) is 0 Å². The molecule has 0 atom stereocenters. The maximum atomic E-state index is 13.6. The van der Waals surface area contributed by atoms with E-state index in [0.29, 0.717) is 16.1 Å². The van der Waals surface area contributed by atoms with Crippen LogP contribution < -0.4 is 16.2 Å². The summed E-state index contributed by atoms with van der Waals surface area (Å²) in [6, 6.07) is 14.6. The van der Waals surface area contributed by atoms with E-state index in [9.17, 15) is 9.18 Å². The van der Waals surface area contributed by atoms with Crippen molar-refractivity contribution in [3.63, 3.8) is 0 Å². The quantitative estimate of drug-likeness (QED) is 0.437. The van der Waals surface area contributed by atoms with Gasteiger partial charge in [0, 0.05) is 11.3 Å². The minimum absolute atomic E-state index is 0.167. The summed E-state index contributed by atoms with van der Waals surface area (Å²) in [6.07, 6.45) is 0. The summed E-state index contributed by atoms with van der Waals surface area (Å²) in [5.41, 5.74) is 9.27. The van der Waals surface area contributed by atoms with Crippen molar-refractivity contribution in [2.24, 2.45) is 0 Å². The Morgan fingerprint density at radius 1 is 1.04 bits per heavy atom. The van der Waals surface area contributed by atoms with Crippen LogP contribution in [0.15, 0.2) is 53.9 Å². The summed E-state index contributed by atoms with van der Waals surface area (Å²) < 4.78 is 13.6. The van der Waals surface area contributed by atoms with Crippen molar-refractivity contribution in [2.75, 3.05) is 5.32 Å². The molecule has 0 saturated heterocycles. The number of anilines is 1. The normalized spacial score (nSPS) is 10.3. The van der Waals surface area contributed by atoms with Gasteiger partial charge in [0.05, 0.1) is 0 Å². The van der Waals surface area contributed by atoms with Crippen LogP contribution in [0, 0.1) is 19.7 Å². The zero-order valence-electron chi connectivity index (χ0n) is 14.8. The number of halogens is 1. The third kappa shape index (κ3) is 4.69. The fourth-order valence-corrected chi connectivity index (χ4v) is 3.43. The van der Waals surface area contributed by atoms with Gasteiger partial charge in [0.2, 0.25) is 0 Å². The van der Waals surface area contributed by atoms with Crippen LogP contribution in [-0.4, -0.2) is 11.0 Å². The largest absolute Gasteiger partial charge is 0.331 e. The van der Waals surface area contributed by atoms with Gasteiger partial charge in [0.1, 0.15) is 10.7 Å². The third-order valence-electron chi connectivity index (χ3n) is 3.95. The van der Waals surface area contributed by atoms with E-state index in [2.05, 4.69) is 16.2 Å². The molecule has 1 heterocycles. The van der Waals surface area contributed by atoms with Gasteiger partial charge in [-0.05, 0) is 60.8 Å². The summed E-state index contributed by atoms with van der Waals surface area (Å²) in [5.74, 6) is -0.618. The molecule has 0 aliphatic rings. The first-order valence-electron chi connectivity index (χ1n) is 8.22. The Balaban J connectivity index is 1.63. The number of nitrogens with one attached hydrogen (secondary N) is 3. The van der Waals surface area contributed by atoms with Crippen LogP contribution in [0.4, 0.5) is 10.1 Å². The lowest BCUT2D eigenvalue weighted by Crippen LogP contribution is -2.43. The molecule has 0 aliphatic heterocycles. The molecule has 2 aromatic carbocycles. The number of rotatable bonds is 3. The lowest BCUT2D eigenvalue weighted by atomic mass is 10.1. The highest BCUT2D eigenvalue weighted by Gasteiger charge is 2.14. The van der Waals surface area contributed by atoms with E-state index in [4.69, 9.17) is 12.2 Å². The van der Waals surface area contributed by atoms with Crippen LogP contribution in [0.2, 0.25) is 0 Å². The summed E-state index contributed by atoms with van der Waals surface area (Å²) >= 11 is 6.50. The summed E-state index contributed by atoms with van der Waals surface area (Å²) in [6.45, 7) is 3.70. The Bertz CT molecular complexity index is 983. The molecule has 0 aliphatic carbocycles. The van der Waals surface area contributed by atoms with Crippen molar-refractivity contribution in [2.45, 2.75) is 13.8 Å². The Hall–Kier alpha value is -2.77. The topological polar surface area (TPSA) is 53.2 Å². The summed E-state index contributed by atoms with van der Waals surface area (Å²) in [4.78, 5) is 13.1. The minimum Gasteiger partial charge on any atom is -0.331 e. The van der Waals surface area contributed by atoms with Crippen LogP contribution in [0.25, 0.3) is 11.1 Å². The lowest BCUT2D eigenvalue weighted by Gasteiger charge is -2.12. The molecule has 7 heteroatoms. The van der Waals surface area contributed by atoms with Gasteiger partial charge in [0.15, 0.2) is 5.11 Å². The van der Waals surface area contributed by atoms with Gasteiger partial charge in [-0.2, -0.15) is 0 Å². The van der Waals surface area contributed by atoms with Crippen molar-refractivity contribution < 1.29 is 9.18 Å². The molecule has 3 aromatic rings. The number of aryl methyl sites for hydroxylation is 2. The molecule has 0 fully saturated rings. The van der Waals surface area contributed by atoms with Crippen LogP contribution in [0.5, 0.6) is 0 Å². The van der Waals surface area contributed by atoms with Crippen LogP contribution in [0.3, 0.4) is 0 Å². The number of hydrogen-bond acceptors (Lipinski definition) is 3. The molecular formula is C20H18FN3OS2. The van der Waals surface area contributed by atoms with E-state index in [1.807, 2.05) is 42.6 Å². The molecule has 0 spiro atoms. The highest BCUT2D eigenvalue weighted by atomic mass is 32.1. The maximum Gasteiger partial charge on any atom is 0.280 e. The number of thiophene rings is 1. The van der Waals surface area contributed by atoms with Gasteiger partial charge in [0.25, 0.3) is 5.91 Å². The molecule has 0 saturated carbocycles. The number of hydrazine groups is 1. The molecule has 138 valence electrons. The fourth-order valence-electron chi connectivity index (χ4n) is 2.45. The second-order valence-electron chi connectivity index (χ2n) is 6.03. The molecule has 3 N–H and O–H groups in total. The molecule has 4 nitrogen and oxygen atoms in total. The number of carbonyl (C=O) groups is 1. The van der Waals surface area contributed by atoms with Gasteiger partial charge in [-0.25, -0.2) is 4.39 Å². The SMILES string of the molecule is Cc1ccc(-c2ccsc2C(=O)NNC(=S)Nc2ccc(C)c(F)c2)cc1. The van der Waals surface area contributed by atoms with E-state index in [1.54, 1.807) is 19.1 Å². The first-order valence-corrected chi connectivity index (χ1v) is 9.51. The van der Waals surface area contributed by atoms with Gasteiger partial charge < -0.3 is 5.32 Å². The van der Waals surface area contributed by atoms with Crippen molar-refractivity contribution in [3.05, 3.63) is 75.7 Å². The third-order valence-corrected chi connectivity index (χ3v) is 5.07. The van der Waals surface area contributed by atoms with Gasteiger partial charge in [-0.15, -0.1) is 11.3 Å². The number of carbonyl (C=O) groups excluding carboxylic acids is 1. The van der Waals surface area contributed by atoms with Crippen molar-refractivity contribution in [1.82, 2.24) is 10.9 Å². The van der Waals surface area contributed by atoms with Gasteiger partial charge in [-0.1, -0.05) is 35.9 Å². The van der Waals surface area contributed by atoms with E-state index in [1.165, 1.54) is 17.4 Å². The van der Waals surface area contributed by atoms with Crippen molar-refractivity contribution >= 4 is 40.3 Å². The van der Waals surface area contributed by atoms with Crippen molar-refractivity contribution in [3.8, 4) is 11.1 Å². The number of hydrogen-bond donors (Lipinski definition) is 3. The Morgan fingerprint density at radius 3 is 2.48 bits per heavy atom. The Kier molecular flexibility index (Phi) is 5.83. The summed E-state index contributed by atoms with van der Waals surface area (Å²) in [7, 11) is 0. The van der Waals surface area contributed by atoms with Gasteiger partial charge in [-0.3, -0.25) is 15.6 Å². The zero-order chi connectivity index (χ0) is 19.4. The minimum atomic E-state index is -0.326. The number of benzene rings is 2. The molecule has 1 aromatic heterocycles. The second-order valence-corrected chi connectivity index (χ2v) is 7.35. The first kappa shape index (κ1) is 19.0. The molecule has 1 amide bonds. The highest BCUT2D eigenvalue weighted by Crippen LogP contribution is 2.28. The summed E-state index contributed by atoms with van der Waals surface area (Å²) in [5, 5.41) is 4.87. The monoisotopic (exact) mass is 399 g/mol. The molecule has 0 radical (unpaired) electrons. The predicted molar refractivity (Wildman–Crippen MR) is 112 cm³/mol. The standard InChI is InChI=1S/C20H18FN3OS2/c1-12-3-6-14(7-4-12)16-9-10-27-18(16)19(25)23-24-20(26)22-15-8-5-13(2)17(21)11-15/h3-11H,1-2H3,(H,23,25)(H2,22,24,26). The average Bonchev–Trinajstić information content (AvgIpc) is 3.13. The zero-order valence-corrected chi connectivity index (χ0v) is 16.4. The van der Waals surface area contributed by atoms with Crippen LogP contribution in [0.1, 0.15) is 20.8 Å². The number of thiocarbonyl (C=S) groups is 1. The molecular weight excluding hydrogens is 381 g/mol. The van der Waals surface area contributed by atoms with E-state index >= 15 is 0 Å².